The van der Waals surface area contributed by atoms with E-state index in [9.17, 15) is 4.79 Å². The van der Waals surface area contributed by atoms with Crippen LogP contribution in [0.4, 0.5) is 0 Å². The Morgan fingerprint density at radius 3 is 2.55 bits per heavy atom. The van der Waals surface area contributed by atoms with E-state index < -0.39 is 0 Å². The molecule has 1 amide bonds. The molecule has 150 valence electrons. The van der Waals surface area contributed by atoms with Gasteiger partial charge in [-0.15, -0.1) is 10.2 Å². The van der Waals surface area contributed by atoms with Crippen LogP contribution in [0.5, 0.6) is 5.75 Å². The predicted octanol–water partition coefficient (Wildman–Crippen LogP) is 3.52. The maximum absolute atomic E-state index is 12.1. The molecule has 0 saturated heterocycles. The highest BCUT2D eigenvalue weighted by atomic mass is 32.2. The van der Waals surface area contributed by atoms with Gasteiger partial charge in [-0.3, -0.25) is 4.79 Å². The molecule has 3 aromatic rings. The normalized spacial score (nSPS) is 11.0. The van der Waals surface area contributed by atoms with Gasteiger partial charge < -0.3 is 9.30 Å². The maximum Gasteiger partial charge on any atom is 0.250 e. The number of hydrogen-bond acceptors (Lipinski definition) is 6. The third kappa shape index (κ3) is 5.45. The van der Waals surface area contributed by atoms with Crippen LogP contribution in [0.2, 0.25) is 0 Å². The van der Waals surface area contributed by atoms with Gasteiger partial charge in [0.15, 0.2) is 11.0 Å². The molecule has 8 heteroatoms. The molecule has 1 aromatic heterocycles. The fourth-order valence-corrected chi connectivity index (χ4v) is 3.42. The Morgan fingerprint density at radius 1 is 1.17 bits per heavy atom. The van der Waals surface area contributed by atoms with Crippen molar-refractivity contribution >= 4 is 23.9 Å². The van der Waals surface area contributed by atoms with Crippen molar-refractivity contribution in [1.82, 2.24) is 20.2 Å². The molecule has 3 rings (SSSR count). The third-order valence-electron chi connectivity index (χ3n) is 4.19. The number of hydrazone groups is 1. The first-order valence-electron chi connectivity index (χ1n) is 9.19. The van der Waals surface area contributed by atoms with Crippen LogP contribution in [0.3, 0.4) is 0 Å². The van der Waals surface area contributed by atoms with E-state index in [-0.39, 0.29) is 11.7 Å². The van der Waals surface area contributed by atoms with Gasteiger partial charge >= 0.3 is 0 Å². The minimum absolute atomic E-state index is 0.200. The number of aryl methyl sites for hydroxylation is 1. The molecule has 0 aliphatic carbocycles. The number of benzene rings is 2. The molecule has 0 spiro atoms. The first kappa shape index (κ1) is 20.6. The second-order valence-electron chi connectivity index (χ2n) is 6.27. The lowest BCUT2D eigenvalue weighted by Gasteiger charge is -2.07. The maximum atomic E-state index is 12.1. The summed E-state index contributed by atoms with van der Waals surface area (Å²) in [5, 5.41) is 13.2. The molecule has 0 atom stereocenters. The summed E-state index contributed by atoms with van der Waals surface area (Å²) in [6, 6.07) is 15.5. The van der Waals surface area contributed by atoms with Crippen LogP contribution in [0, 0.1) is 6.92 Å². The number of nitrogens with zero attached hydrogens (tertiary/aromatic N) is 4. The number of methoxy groups -OCH3 is 1. The van der Waals surface area contributed by atoms with Gasteiger partial charge in [0.25, 0.3) is 5.91 Å². The van der Waals surface area contributed by atoms with Crippen molar-refractivity contribution in [3.8, 4) is 17.1 Å². The van der Waals surface area contributed by atoms with Crippen LogP contribution in [0.1, 0.15) is 18.1 Å². The highest BCUT2D eigenvalue weighted by molar-refractivity contribution is 7.99. The number of amides is 1. The number of ether oxygens (including phenoxy) is 1. The molecule has 1 N–H and O–H groups in total. The van der Waals surface area contributed by atoms with E-state index in [0.29, 0.717) is 5.16 Å². The standard InChI is InChI=1S/C21H23N5O2S/c1-4-26-20(17-9-5-15(2)6-10-17)24-25-21(26)29-14-19(27)23-22-13-16-7-11-18(28-3)12-8-16/h5-13H,4,14H2,1-3H3,(H,23,27). The first-order valence-corrected chi connectivity index (χ1v) is 10.2. The van der Waals surface area contributed by atoms with E-state index in [1.807, 2.05) is 66.9 Å². The summed E-state index contributed by atoms with van der Waals surface area (Å²) in [7, 11) is 1.62. The molecule has 29 heavy (non-hydrogen) atoms. The first-order chi connectivity index (χ1) is 14.1. The average Bonchev–Trinajstić information content (AvgIpc) is 3.16. The molecular formula is C21H23N5O2S. The zero-order valence-electron chi connectivity index (χ0n) is 16.6. The van der Waals surface area contributed by atoms with Crippen LogP contribution in [0.25, 0.3) is 11.4 Å². The van der Waals surface area contributed by atoms with Crippen molar-refractivity contribution in [2.24, 2.45) is 5.10 Å². The molecule has 0 saturated carbocycles. The van der Waals surface area contributed by atoms with Gasteiger partial charge in [0, 0.05) is 12.1 Å². The summed E-state index contributed by atoms with van der Waals surface area (Å²) in [4.78, 5) is 12.1. The zero-order chi connectivity index (χ0) is 20.6. The Kier molecular flexibility index (Phi) is 7.02. The Morgan fingerprint density at radius 2 is 1.90 bits per heavy atom. The van der Waals surface area contributed by atoms with Gasteiger partial charge in [0.05, 0.1) is 19.1 Å². The smallest absolute Gasteiger partial charge is 0.250 e. The summed E-state index contributed by atoms with van der Waals surface area (Å²) < 4.78 is 7.11. The number of rotatable bonds is 8. The number of nitrogens with one attached hydrogen (secondary N) is 1. The molecule has 0 unspecified atom stereocenters. The van der Waals surface area contributed by atoms with Gasteiger partial charge in [0.1, 0.15) is 5.75 Å². The Balaban J connectivity index is 1.57. The number of carbonyl (C=O) groups is 1. The fourth-order valence-electron chi connectivity index (χ4n) is 2.63. The van der Waals surface area contributed by atoms with E-state index in [4.69, 9.17) is 4.74 Å². The molecule has 0 bridgehead atoms. The van der Waals surface area contributed by atoms with Gasteiger partial charge in [-0.2, -0.15) is 5.10 Å². The molecular weight excluding hydrogens is 386 g/mol. The van der Waals surface area contributed by atoms with E-state index in [2.05, 4.69) is 20.7 Å². The fraction of sp³-hybridized carbons (Fsp3) is 0.238. The van der Waals surface area contributed by atoms with Gasteiger partial charge in [0.2, 0.25) is 0 Å². The Labute approximate surface area is 174 Å². The highest BCUT2D eigenvalue weighted by Gasteiger charge is 2.14. The summed E-state index contributed by atoms with van der Waals surface area (Å²) in [6.45, 7) is 4.80. The van der Waals surface area contributed by atoms with E-state index in [0.717, 1.165) is 29.2 Å². The second-order valence-corrected chi connectivity index (χ2v) is 7.21. The zero-order valence-corrected chi connectivity index (χ0v) is 17.4. The molecule has 0 aliphatic rings. The van der Waals surface area contributed by atoms with Gasteiger partial charge in [-0.25, -0.2) is 5.43 Å². The largest absolute Gasteiger partial charge is 0.497 e. The quantitative estimate of drug-likeness (QED) is 0.350. The number of carbonyl (C=O) groups excluding carboxylic acids is 1. The lowest BCUT2D eigenvalue weighted by atomic mass is 10.1. The highest BCUT2D eigenvalue weighted by Crippen LogP contribution is 2.24. The second kappa shape index (κ2) is 9.88. The topological polar surface area (TPSA) is 81.4 Å². The van der Waals surface area contributed by atoms with Crippen LogP contribution >= 0.6 is 11.8 Å². The SMILES string of the molecule is CCn1c(SCC(=O)NN=Cc2ccc(OC)cc2)nnc1-c1ccc(C)cc1. The van der Waals surface area contributed by atoms with Crippen molar-refractivity contribution in [2.45, 2.75) is 25.5 Å². The summed E-state index contributed by atoms with van der Waals surface area (Å²) >= 11 is 1.34. The number of hydrogen-bond donors (Lipinski definition) is 1. The average molecular weight is 410 g/mol. The molecule has 0 radical (unpaired) electrons. The lowest BCUT2D eigenvalue weighted by molar-refractivity contribution is -0.118. The number of aromatic nitrogens is 3. The molecule has 7 nitrogen and oxygen atoms in total. The summed E-state index contributed by atoms with van der Waals surface area (Å²) in [5.41, 5.74) is 5.60. The van der Waals surface area contributed by atoms with Crippen molar-refractivity contribution in [3.05, 3.63) is 59.7 Å². The minimum Gasteiger partial charge on any atom is -0.497 e. The van der Waals surface area contributed by atoms with Crippen LogP contribution in [-0.2, 0) is 11.3 Å². The number of thioether (sulfide) groups is 1. The van der Waals surface area contributed by atoms with Crippen molar-refractivity contribution in [1.29, 1.82) is 0 Å². The summed E-state index contributed by atoms with van der Waals surface area (Å²) in [5.74, 6) is 1.56. The Bertz CT molecular complexity index is 981. The van der Waals surface area contributed by atoms with Crippen LogP contribution in [-0.4, -0.2) is 39.7 Å². The van der Waals surface area contributed by atoms with Crippen molar-refractivity contribution in [3.63, 3.8) is 0 Å². The lowest BCUT2D eigenvalue weighted by Crippen LogP contribution is -2.20. The van der Waals surface area contributed by atoms with E-state index in [1.165, 1.54) is 17.3 Å². The van der Waals surface area contributed by atoms with E-state index >= 15 is 0 Å². The van der Waals surface area contributed by atoms with E-state index in [1.54, 1.807) is 13.3 Å². The minimum atomic E-state index is -0.206. The van der Waals surface area contributed by atoms with Crippen molar-refractivity contribution < 1.29 is 9.53 Å². The Hall–Kier alpha value is -3.13. The van der Waals surface area contributed by atoms with Gasteiger partial charge in [-0.05, 0) is 43.7 Å². The third-order valence-corrected chi connectivity index (χ3v) is 5.16. The predicted molar refractivity (Wildman–Crippen MR) is 115 cm³/mol. The molecule has 0 fully saturated rings. The van der Waals surface area contributed by atoms with Crippen LogP contribution in [0.15, 0.2) is 58.8 Å². The molecule has 2 aromatic carbocycles. The monoisotopic (exact) mass is 409 g/mol. The van der Waals surface area contributed by atoms with Crippen LogP contribution < -0.4 is 10.2 Å². The molecule has 1 heterocycles. The summed E-state index contributed by atoms with van der Waals surface area (Å²) in [6.07, 6.45) is 1.59. The van der Waals surface area contributed by atoms with Gasteiger partial charge in [-0.1, -0.05) is 41.6 Å². The van der Waals surface area contributed by atoms with Crippen molar-refractivity contribution in [2.75, 3.05) is 12.9 Å². The molecule has 0 aliphatic heterocycles.